The molecular formula is C21H29F2N5O3S2. The maximum atomic E-state index is 11.7. The maximum absolute atomic E-state index is 11.7. The van der Waals surface area contributed by atoms with Gasteiger partial charge in [-0.25, -0.2) is 15.0 Å². The molecule has 3 N–H and O–H groups in total. The molecule has 2 aliphatic rings. The fraction of sp³-hybridized carbons (Fsp3) is 0.524. The van der Waals surface area contributed by atoms with E-state index in [9.17, 15) is 13.6 Å². The van der Waals surface area contributed by atoms with E-state index in [0.717, 1.165) is 35.8 Å². The maximum Gasteiger partial charge on any atom is 0.387 e. The lowest BCUT2D eigenvalue weighted by Crippen LogP contribution is -2.47. The van der Waals surface area contributed by atoms with Gasteiger partial charge in [0, 0.05) is 30.7 Å². The third-order valence-corrected chi connectivity index (χ3v) is 6.88. The topological polar surface area (TPSA) is 112 Å². The van der Waals surface area contributed by atoms with Gasteiger partial charge in [-0.1, -0.05) is 25.6 Å². The number of amidine groups is 1. The number of aromatic nitrogens is 2. The van der Waals surface area contributed by atoms with Crippen molar-refractivity contribution in [2.24, 2.45) is 16.6 Å². The molecule has 2 atom stereocenters. The van der Waals surface area contributed by atoms with E-state index >= 15 is 0 Å². The fourth-order valence-corrected chi connectivity index (χ4v) is 5.35. The number of rotatable bonds is 5. The number of nitrogens with zero attached hydrogens (tertiary/aromatic N) is 3. The number of carbonyl (C=O) groups excluding carboxylic acids is 1. The summed E-state index contributed by atoms with van der Waals surface area (Å²) < 4.78 is 33.2. The highest BCUT2D eigenvalue weighted by Gasteiger charge is 2.47. The predicted molar refractivity (Wildman–Crippen MR) is 129 cm³/mol. The molecule has 0 amide bonds. The number of thiazole rings is 1. The van der Waals surface area contributed by atoms with E-state index in [1.165, 1.54) is 6.07 Å². The van der Waals surface area contributed by atoms with Gasteiger partial charge in [-0.2, -0.15) is 8.78 Å². The van der Waals surface area contributed by atoms with Crippen LogP contribution in [0.15, 0.2) is 22.6 Å². The number of aldehydes is 1. The summed E-state index contributed by atoms with van der Waals surface area (Å²) in [5.74, 6) is 2.32. The highest BCUT2D eigenvalue weighted by Crippen LogP contribution is 2.45. The van der Waals surface area contributed by atoms with Crippen LogP contribution in [-0.4, -0.2) is 54.0 Å². The largest absolute Gasteiger partial charge is 0.433 e. The Balaban J connectivity index is 0.000000228. The van der Waals surface area contributed by atoms with E-state index in [2.05, 4.69) is 20.0 Å². The van der Waals surface area contributed by atoms with Crippen LogP contribution < -0.4 is 15.8 Å². The molecule has 8 nitrogen and oxygen atoms in total. The third-order valence-electron chi connectivity index (χ3n) is 4.91. The average Bonchev–Trinajstić information content (AvgIpc) is 3.31. The van der Waals surface area contributed by atoms with Crippen molar-refractivity contribution in [3.05, 3.63) is 33.9 Å². The van der Waals surface area contributed by atoms with Gasteiger partial charge in [-0.15, -0.1) is 11.3 Å². The van der Waals surface area contributed by atoms with E-state index < -0.39 is 6.61 Å². The number of aryl methyl sites for hydroxylation is 1. The summed E-state index contributed by atoms with van der Waals surface area (Å²) in [4.78, 5) is 23.3. The molecular weight excluding hydrogens is 472 g/mol. The second kappa shape index (κ2) is 12.8. The normalized spacial score (nSPS) is 21.4. The van der Waals surface area contributed by atoms with Gasteiger partial charge in [0.1, 0.15) is 27.8 Å². The average molecular weight is 502 g/mol. The molecule has 2 aromatic rings. The van der Waals surface area contributed by atoms with E-state index in [4.69, 9.17) is 15.5 Å². The van der Waals surface area contributed by atoms with Crippen LogP contribution in [0, 0.1) is 12.8 Å². The molecule has 2 aliphatic heterocycles. The summed E-state index contributed by atoms with van der Waals surface area (Å²) in [6, 6.07) is 1.34. The number of hydrogen-bond donors (Lipinski definition) is 2. The molecule has 0 spiro atoms. The van der Waals surface area contributed by atoms with E-state index in [0.29, 0.717) is 29.5 Å². The predicted octanol–water partition coefficient (Wildman–Crippen LogP) is 4.31. The van der Waals surface area contributed by atoms with E-state index in [-0.39, 0.29) is 17.0 Å². The fourth-order valence-electron chi connectivity index (χ4n) is 3.29. The van der Waals surface area contributed by atoms with E-state index in [1.54, 1.807) is 30.0 Å². The highest BCUT2D eigenvalue weighted by molar-refractivity contribution is 8.13. The van der Waals surface area contributed by atoms with E-state index in [1.807, 2.05) is 26.3 Å². The number of pyridine rings is 1. The first-order chi connectivity index (χ1) is 15.9. The van der Waals surface area contributed by atoms with Crippen LogP contribution in [0.4, 0.5) is 14.6 Å². The summed E-state index contributed by atoms with van der Waals surface area (Å²) >= 11 is 3.28. The second-order valence-corrected chi connectivity index (χ2v) is 8.78. The van der Waals surface area contributed by atoms with Crippen molar-refractivity contribution in [1.82, 2.24) is 9.97 Å². The van der Waals surface area contributed by atoms with Gasteiger partial charge in [0.05, 0.1) is 12.8 Å². The van der Waals surface area contributed by atoms with Crippen LogP contribution >= 0.6 is 23.1 Å². The first kappa shape index (κ1) is 26.9. The highest BCUT2D eigenvalue weighted by atomic mass is 32.2. The number of carbonyl (C=O) groups is 1. The zero-order valence-corrected chi connectivity index (χ0v) is 20.6. The van der Waals surface area contributed by atoms with Gasteiger partial charge in [0.2, 0.25) is 0 Å². The van der Waals surface area contributed by atoms with Crippen molar-refractivity contribution in [1.29, 1.82) is 0 Å². The number of thioether (sulfide) groups is 1. The Bertz CT molecular complexity index is 944. The molecule has 4 heterocycles. The lowest BCUT2D eigenvalue weighted by atomic mass is 9.82. The minimum atomic E-state index is -2.87. The van der Waals surface area contributed by atoms with Crippen LogP contribution in [0.5, 0.6) is 5.75 Å². The molecule has 12 heteroatoms. The summed E-state index contributed by atoms with van der Waals surface area (Å²) in [7, 11) is 1.87. The number of ether oxygens (including phenoxy) is 2. The molecule has 0 aromatic carbocycles. The number of alkyl halides is 2. The Kier molecular flexibility index (Phi) is 10.5. The molecule has 4 rings (SSSR count). The number of fused-ring (bicyclic) bond motifs is 1. The van der Waals surface area contributed by atoms with Crippen molar-refractivity contribution in [2.75, 3.05) is 31.3 Å². The Morgan fingerprint density at radius 3 is 2.79 bits per heavy atom. The van der Waals surface area contributed by atoms with Gasteiger partial charge in [0.15, 0.2) is 11.5 Å². The Morgan fingerprint density at radius 2 is 2.18 bits per heavy atom. The minimum Gasteiger partial charge on any atom is -0.433 e. The van der Waals surface area contributed by atoms with Crippen LogP contribution in [0.3, 0.4) is 0 Å². The van der Waals surface area contributed by atoms with Gasteiger partial charge in [0.25, 0.3) is 0 Å². The van der Waals surface area contributed by atoms with Gasteiger partial charge in [-0.05, 0) is 25.0 Å². The number of nitrogens with two attached hydrogens (primary N) is 1. The molecule has 0 bridgehead atoms. The number of aliphatic imine (C=N–C) groups is 1. The van der Waals surface area contributed by atoms with Gasteiger partial charge in [-0.3, -0.25) is 4.79 Å². The molecule has 1 saturated heterocycles. The number of nitrogens with one attached hydrogen (secondary N) is 1. The first-order valence-electron chi connectivity index (χ1n) is 10.4. The van der Waals surface area contributed by atoms with Crippen LogP contribution in [0.1, 0.15) is 41.3 Å². The van der Waals surface area contributed by atoms with Crippen molar-refractivity contribution in [3.8, 4) is 5.75 Å². The van der Waals surface area contributed by atoms with Crippen LogP contribution in [-0.2, 0) is 10.3 Å². The molecule has 0 radical (unpaired) electrons. The Labute approximate surface area is 200 Å². The number of anilines is 1. The molecule has 1 fully saturated rings. The smallest absolute Gasteiger partial charge is 0.387 e. The Morgan fingerprint density at radius 1 is 1.42 bits per heavy atom. The van der Waals surface area contributed by atoms with Gasteiger partial charge < -0.3 is 20.5 Å². The van der Waals surface area contributed by atoms with Crippen LogP contribution in [0.2, 0.25) is 0 Å². The summed E-state index contributed by atoms with van der Waals surface area (Å²) in [6.45, 7) is 4.13. The van der Waals surface area contributed by atoms with Gasteiger partial charge >= 0.3 is 6.61 Å². The molecule has 182 valence electrons. The number of halogens is 2. The minimum absolute atomic E-state index is 0.0434. The molecule has 2 unspecified atom stereocenters. The zero-order valence-electron chi connectivity index (χ0n) is 19.0. The second-order valence-electron chi connectivity index (χ2n) is 6.88. The lowest BCUT2D eigenvalue weighted by Gasteiger charge is -2.41. The summed E-state index contributed by atoms with van der Waals surface area (Å²) in [6.07, 6.45) is 2.67. The summed E-state index contributed by atoms with van der Waals surface area (Å²) in [5, 5.41) is 6.75. The zero-order chi connectivity index (χ0) is 24.4. The third kappa shape index (κ3) is 6.84. The molecule has 33 heavy (non-hydrogen) atoms. The van der Waals surface area contributed by atoms with Crippen molar-refractivity contribution in [2.45, 2.75) is 39.3 Å². The SMILES string of the molecule is CC.CNc1csc(C23COCCC2CSC(N)=N3)n1.Cc1cc(OC(F)F)cnc1C=O. The summed E-state index contributed by atoms with van der Waals surface area (Å²) in [5.41, 5.74) is 6.30. The first-order valence-corrected chi connectivity index (χ1v) is 12.3. The lowest BCUT2D eigenvalue weighted by molar-refractivity contribution is -0.0501. The van der Waals surface area contributed by atoms with Crippen molar-refractivity contribution in [3.63, 3.8) is 0 Å². The standard InChI is InChI=1S/C11H16N4OS2.C8H7F2NO2.C2H6/c1-13-8-5-17-9(14-8)11-6-16-3-2-7(11)4-18-10(12)15-11;1-5-2-6(13-8(9)10)3-11-7(5)4-12;1-2/h5,7,13H,2-4,6H2,1H3,(H2,12,15);2-4,8H,1H3;1-2H3. The van der Waals surface area contributed by atoms with Crippen LogP contribution in [0.25, 0.3) is 0 Å². The Hall–Kier alpha value is -2.31. The molecule has 2 aromatic heterocycles. The van der Waals surface area contributed by atoms with Crippen molar-refractivity contribution < 1.29 is 23.0 Å². The molecule has 0 aliphatic carbocycles. The quantitative estimate of drug-likeness (QED) is 0.583. The monoisotopic (exact) mass is 501 g/mol. The number of hydrogen-bond acceptors (Lipinski definition) is 10. The van der Waals surface area contributed by atoms with Crippen molar-refractivity contribution >= 4 is 40.4 Å². The molecule has 0 saturated carbocycles.